The molecule has 2 N–H and O–H groups in total. The molecule has 2 aliphatic rings. The third kappa shape index (κ3) is 2.34. The van der Waals surface area contributed by atoms with Crippen molar-refractivity contribution in [3.05, 3.63) is 32.6 Å². The molecule has 2 saturated heterocycles. The Bertz CT molecular complexity index is 663. The first-order valence-corrected chi connectivity index (χ1v) is 6.76. The van der Waals surface area contributed by atoms with Crippen molar-refractivity contribution in [2.45, 2.75) is 51.1 Å². The number of aromatic amines is 1. The maximum Gasteiger partial charge on any atom is 0.330 e. The van der Waals surface area contributed by atoms with Crippen LogP contribution in [0.5, 0.6) is 0 Å². The predicted octanol–water partition coefficient (Wildman–Crippen LogP) is -0.745. The smallest absolute Gasteiger partial charge is 0.330 e. The fourth-order valence-electron chi connectivity index (χ4n) is 2.81. The molecule has 2 aliphatic heterocycles. The van der Waals surface area contributed by atoms with Crippen molar-refractivity contribution >= 4 is 0 Å². The van der Waals surface area contributed by atoms with Crippen LogP contribution in [0.3, 0.4) is 0 Å². The van der Waals surface area contributed by atoms with E-state index in [-0.39, 0.29) is 6.61 Å². The van der Waals surface area contributed by atoms with Crippen molar-refractivity contribution < 1.29 is 19.3 Å². The number of nitrogens with zero attached hydrogens (tertiary/aromatic N) is 1. The Morgan fingerprint density at radius 2 is 2.00 bits per heavy atom. The number of rotatable bonds is 2. The predicted molar refractivity (Wildman–Crippen MR) is 70.9 cm³/mol. The molecule has 0 radical (unpaired) electrons. The first-order chi connectivity index (χ1) is 9.82. The maximum atomic E-state index is 12.0. The molecule has 116 valence electrons. The summed E-state index contributed by atoms with van der Waals surface area (Å²) in [6.45, 7) is 4.88. The fourth-order valence-corrected chi connectivity index (χ4v) is 2.81. The zero-order valence-corrected chi connectivity index (χ0v) is 12.0. The van der Waals surface area contributed by atoms with Gasteiger partial charge in [-0.3, -0.25) is 14.3 Å². The van der Waals surface area contributed by atoms with Crippen LogP contribution in [-0.4, -0.2) is 45.4 Å². The number of nitrogens with one attached hydrogen (secondary N) is 1. The zero-order valence-electron chi connectivity index (χ0n) is 12.0. The van der Waals surface area contributed by atoms with Gasteiger partial charge in [0.25, 0.3) is 5.56 Å². The summed E-state index contributed by atoms with van der Waals surface area (Å²) in [4.78, 5) is 25.7. The number of aliphatic hydroxyl groups is 1. The standard InChI is InChI=1S/C13H18N2O6/c1-6-4-15(12(18)14-10(6)17)11-9-8(7(5-16)19-11)20-13(2,3)21-9/h4,7-9,11,16H,5H2,1-3H3,(H,14,17,18). The van der Waals surface area contributed by atoms with Gasteiger partial charge < -0.3 is 19.3 Å². The number of fused-ring (bicyclic) bond motifs is 1. The highest BCUT2D eigenvalue weighted by molar-refractivity contribution is 5.04. The monoisotopic (exact) mass is 298 g/mol. The summed E-state index contributed by atoms with van der Waals surface area (Å²) in [7, 11) is 0. The first-order valence-electron chi connectivity index (χ1n) is 6.76. The molecule has 2 fully saturated rings. The van der Waals surface area contributed by atoms with Gasteiger partial charge in [0.15, 0.2) is 12.0 Å². The maximum absolute atomic E-state index is 12.0. The van der Waals surface area contributed by atoms with E-state index in [0.29, 0.717) is 5.56 Å². The molecule has 3 heterocycles. The van der Waals surface area contributed by atoms with Gasteiger partial charge in [0.05, 0.1) is 6.61 Å². The number of aryl methyl sites for hydroxylation is 1. The van der Waals surface area contributed by atoms with Gasteiger partial charge in [-0.25, -0.2) is 4.79 Å². The molecule has 8 heteroatoms. The Balaban J connectivity index is 2.01. The highest BCUT2D eigenvalue weighted by atomic mass is 16.8. The molecule has 0 aliphatic carbocycles. The lowest BCUT2D eigenvalue weighted by molar-refractivity contribution is -0.200. The van der Waals surface area contributed by atoms with Gasteiger partial charge in [-0.2, -0.15) is 0 Å². The van der Waals surface area contributed by atoms with Crippen LogP contribution in [0.4, 0.5) is 0 Å². The molecule has 0 spiro atoms. The van der Waals surface area contributed by atoms with E-state index in [9.17, 15) is 14.7 Å². The molecule has 8 nitrogen and oxygen atoms in total. The van der Waals surface area contributed by atoms with Crippen molar-refractivity contribution in [2.24, 2.45) is 0 Å². The highest BCUT2D eigenvalue weighted by Crippen LogP contribution is 2.42. The summed E-state index contributed by atoms with van der Waals surface area (Å²) in [5.41, 5.74) is -0.630. The Labute approximate surface area is 120 Å². The molecule has 0 bridgehead atoms. The first kappa shape index (κ1) is 14.5. The number of H-pyrrole nitrogens is 1. The second-order valence-electron chi connectivity index (χ2n) is 5.79. The molecular formula is C13H18N2O6. The van der Waals surface area contributed by atoms with E-state index in [1.807, 2.05) is 0 Å². The van der Waals surface area contributed by atoms with E-state index < -0.39 is 41.6 Å². The van der Waals surface area contributed by atoms with Crippen LogP contribution in [-0.2, 0) is 14.2 Å². The van der Waals surface area contributed by atoms with Gasteiger partial charge in [0.1, 0.15) is 18.3 Å². The van der Waals surface area contributed by atoms with Crippen molar-refractivity contribution in [3.8, 4) is 0 Å². The summed E-state index contributed by atoms with van der Waals surface area (Å²) in [5, 5.41) is 9.41. The van der Waals surface area contributed by atoms with Crippen LogP contribution in [0.1, 0.15) is 25.6 Å². The minimum Gasteiger partial charge on any atom is -0.394 e. The van der Waals surface area contributed by atoms with Gasteiger partial charge in [-0.15, -0.1) is 0 Å². The molecule has 4 atom stereocenters. The minimum absolute atomic E-state index is 0.242. The summed E-state index contributed by atoms with van der Waals surface area (Å²) in [6.07, 6.45) is -0.899. The van der Waals surface area contributed by atoms with Gasteiger partial charge >= 0.3 is 5.69 Å². The highest BCUT2D eigenvalue weighted by Gasteiger charge is 2.55. The number of aliphatic hydroxyl groups excluding tert-OH is 1. The minimum atomic E-state index is -0.814. The topological polar surface area (TPSA) is 103 Å². The van der Waals surface area contributed by atoms with E-state index in [0.717, 1.165) is 0 Å². The number of ether oxygens (including phenoxy) is 3. The molecule has 21 heavy (non-hydrogen) atoms. The number of hydrogen-bond acceptors (Lipinski definition) is 6. The summed E-state index contributed by atoms with van der Waals surface area (Å²) in [5.74, 6) is -0.814. The van der Waals surface area contributed by atoms with Crippen LogP contribution in [0, 0.1) is 6.92 Å². The second-order valence-corrected chi connectivity index (χ2v) is 5.79. The Morgan fingerprint density at radius 3 is 2.67 bits per heavy atom. The van der Waals surface area contributed by atoms with Crippen molar-refractivity contribution in [3.63, 3.8) is 0 Å². The van der Waals surface area contributed by atoms with Crippen molar-refractivity contribution in [2.75, 3.05) is 6.61 Å². The molecule has 0 amide bonds. The average Bonchev–Trinajstić information content (AvgIpc) is 2.87. The lowest BCUT2D eigenvalue weighted by Crippen LogP contribution is -2.38. The third-order valence-corrected chi connectivity index (χ3v) is 3.73. The Morgan fingerprint density at radius 1 is 1.33 bits per heavy atom. The summed E-state index contributed by atoms with van der Waals surface area (Å²) >= 11 is 0. The zero-order chi connectivity index (χ0) is 15.4. The van der Waals surface area contributed by atoms with E-state index >= 15 is 0 Å². The molecule has 4 unspecified atom stereocenters. The lowest BCUT2D eigenvalue weighted by atomic mass is 10.1. The van der Waals surface area contributed by atoms with Crippen molar-refractivity contribution in [1.29, 1.82) is 0 Å². The number of hydrogen-bond donors (Lipinski definition) is 2. The normalized spacial score (nSPS) is 34.1. The van der Waals surface area contributed by atoms with E-state index in [1.54, 1.807) is 20.8 Å². The van der Waals surface area contributed by atoms with E-state index in [4.69, 9.17) is 14.2 Å². The van der Waals surface area contributed by atoms with E-state index in [2.05, 4.69) is 4.98 Å². The molecule has 1 aromatic heterocycles. The van der Waals surface area contributed by atoms with Crippen molar-refractivity contribution in [1.82, 2.24) is 9.55 Å². The Hall–Kier alpha value is -1.48. The van der Waals surface area contributed by atoms with Crippen LogP contribution in [0.25, 0.3) is 0 Å². The average molecular weight is 298 g/mol. The molecule has 1 aromatic rings. The van der Waals surface area contributed by atoms with Crippen LogP contribution in [0.2, 0.25) is 0 Å². The second kappa shape index (κ2) is 4.77. The quantitative estimate of drug-likeness (QED) is 0.745. The van der Waals surface area contributed by atoms with Gasteiger partial charge in [0.2, 0.25) is 0 Å². The Kier molecular flexibility index (Phi) is 3.28. The summed E-state index contributed by atoms with van der Waals surface area (Å²) < 4.78 is 18.5. The van der Waals surface area contributed by atoms with Gasteiger partial charge in [-0.1, -0.05) is 0 Å². The van der Waals surface area contributed by atoms with E-state index in [1.165, 1.54) is 10.8 Å². The molecule has 0 aromatic carbocycles. The number of aromatic nitrogens is 2. The van der Waals surface area contributed by atoms with Crippen LogP contribution in [0.15, 0.2) is 15.8 Å². The van der Waals surface area contributed by atoms with Gasteiger partial charge in [0, 0.05) is 11.8 Å². The van der Waals surface area contributed by atoms with Crippen LogP contribution < -0.4 is 11.2 Å². The largest absolute Gasteiger partial charge is 0.394 e. The summed E-state index contributed by atoms with van der Waals surface area (Å²) in [6, 6.07) is 0. The van der Waals surface area contributed by atoms with Crippen LogP contribution >= 0.6 is 0 Å². The third-order valence-electron chi connectivity index (χ3n) is 3.73. The fraction of sp³-hybridized carbons (Fsp3) is 0.692. The molecular weight excluding hydrogens is 280 g/mol. The van der Waals surface area contributed by atoms with Gasteiger partial charge in [-0.05, 0) is 20.8 Å². The molecule has 3 rings (SSSR count). The SMILES string of the molecule is Cc1cn(C2OC(CO)C3OC(C)(C)OC32)c(=O)[nH]c1=O. The molecule has 0 saturated carbocycles. The lowest BCUT2D eigenvalue weighted by Gasteiger charge is -2.24.